The topological polar surface area (TPSA) is 125 Å². The monoisotopic (exact) mass is 522 g/mol. The van der Waals surface area contributed by atoms with Crippen LogP contribution < -0.4 is 20.9 Å². The highest BCUT2D eigenvalue weighted by Gasteiger charge is 2.24. The van der Waals surface area contributed by atoms with Gasteiger partial charge in [-0.25, -0.2) is 9.78 Å². The number of rotatable bonds is 9. The Balaban J connectivity index is 1.30. The molecule has 2 amide bonds. The minimum Gasteiger partial charge on any atom is -0.383 e. The van der Waals surface area contributed by atoms with Crippen molar-refractivity contribution in [1.29, 1.82) is 0 Å². The zero-order valence-electron chi connectivity index (χ0n) is 22.5. The lowest BCUT2D eigenvalue weighted by Crippen LogP contribution is -2.47. The quantitative estimate of drug-likeness (QED) is 0.363. The van der Waals surface area contributed by atoms with Crippen LogP contribution in [0.4, 0.5) is 28.2 Å². The molecule has 0 aliphatic carbocycles. The lowest BCUT2D eigenvalue weighted by molar-refractivity contribution is 0.171. The van der Waals surface area contributed by atoms with Crippen molar-refractivity contribution in [3.8, 4) is 0 Å². The number of carbonyl (C=O) groups is 1. The van der Waals surface area contributed by atoms with Gasteiger partial charge in [-0.05, 0) is 39.5 Å². The van der Waals surface area contributed by atoms with Crippen LogP contribution in [0, 0.1) is 0 Å². The summed E-state index contributed by atoms with van der Waals surface area (Å²) in [6.07, 6.45) is 7.67. The summed E-state index contributed by atoms with van der Waals surface area (Å²) in [5.41, 5.74) is 1.03. The van der Waals surface area contributed by atoms with Crippen LogP contribution in [0.5, 0.6) is 0 Å². The molecular weight excluding hydrogens is 484 g/mol. The predicted octanol–water partition coefficient (Wildman–Crippen LogP) is 3.38. The molecule has 0 aromatic carbocycles. The maximum absolute atomic E-state index is 12.4. The molecule has 5 rings (SSSR count). The number of likely N-dealkylation sites (tertiary alicyclic amines) is 1. The van der Waals surface area contributed by atoms with E-state index in [2.05, 4.69) is 44.8 Å². The van der Waals surface area contributed by atoms with Gasteiger partial charge in [0.05, 0.1) is 18.3 Å². The molecule has 12 nitrogen and oxygen atoms in total. The fourth-order valence-corrected chi connectivity index (χ4v) is 4.99. The average molecular weight is 523 g/mol. The number of urea groups is 1. The van der Waals surface area contributed by atoms with Crippen LogP contribution >= 0.6 is 0 Å². The van der Waals surface area contributed by atoms with E-state index in [9.17, 15) is 4.79 Å². The number of carbonyl (C=O) groups excluding carboxylic acids is 1. The van der Waals surface area contributed by atoms with E-state index >= 15 is 0 Å². The first-order valence-corrected chi connectivity index (χ1v) is 13.5. The van der Waals surface area contributed by atoms with Crippen molar-refractivity contribution < 1.29 is 9.53 Å². The molecule has 2 saturated heterocycles. The van der Waals surface area contributed by atoms with E-state index in [1.165, 1.54) is 0 Å². The highest BCUT2D eigenvalue weighted by atomic mass is 16.5. The summed E-state index contributed by atoms with van der Waals surface area (Å²) < 4.78 is 7.01. The van der Waals surface area contributed by atoms with Crippen LogP contribution in [0.25, 0.3) is 10.9 Å². The van der Waals surface area contributed by atoms with Gasteiger partial charge in [0.1, 0.15) is 17.5 Å². The Morgan fingerprint density at radius 2 is 1.82 bits per heavy atom. The molecule has 5 heterocycles. The third-order valence-electron chi connectivity index (χ3n) is 7.05. The molecule has 12 heteroatoms. The van der Waals surface area contributed by atoms with Gasteiger partial charge in [-0.1, -0.05) is 0 Å². The Kier molecular flexibility index (Phi) is 8.06. The molecular formula is C26H38N10O2. The number of fused-ring (bicyclic) bond motifs is 1. The zero-order chi connectivity index (χ0) is 26.5. The third kappa shape index (κ3) is 6.07. The van der Waals surface area contributed by atoms with Crippen LogP contribution in [0.1, 0.15) is 45.6 Å². The number of amides is 2. The fourth-order valence-electron chi connectivity index (χ4n) is 4.99. The molecule has 204 valence electrons. The van der Waals surface area contributed by atoms with Crippen molar-refractivity contribution in [2.45, 2.75) is 51.6 Å². The predicted molar refractivity (Wildman–Crippen MR) is 148 cm³/mol. The van der Waals surface area contributed by atoms with Crippen LogP contribution in [0.15, 0.2) is 24.5 Å². The first-order chi connectivity index (χ1) is 18.5. The smallest absolute Gasteiger partial charge is 0.317 e. The molecule has 0 spiro atoms. The lowest BCUT2D eigenvalue weighted by Gasteiger charge is -2.32. The molecule has 0 unspecified atom stereocenters. The van der Waals surface area contributed by atoms with E-state index in [-0.39, 0.29) is 18.1 Å². The van der Waals surface area contributed by atoms with Crippen molar-refractivity contribution in [2.24, 2.45) is 0 Å². The van der Waals surface area contributed by atoms with Gasteiger partial charge in [0.25, 0.3) is 0 Å². The van der Waals surface area contributed by atoms with Crippen molar-refractivity contribution >= 4 is 40.3 Å². The number of piperidine rings is 1. The van der Waals surface area contributed by atoms with E-state index in [4.69, 9.17) is 14.7 Å². The molecule has 0 radical (unpaired) electrons. The van der Waals surface area contributed by atoms with E-state index in [0.29, 0.717) is 37.9 Å². The number of methoxy groups -OCH3 is 1. The number of pyridine rings is 1. The van der Waals surface area contributed by atoms with Crippen molar-refractivity contribution in [2.75, 3.05) is 62.0 Å². The molecule has 0 saturated carbocycles. The number of nitrogens with zero attached hydrogens (tertiary/aromatic N) is 7. The summed E-state index contributed by atoms with van der Waals surface area (Å²) >= 11 is 0. The number of hydrogen-bond donors (Lipinski definition) is 3. The van der Waals surface area contributed by atoms with Crippen LogP contribution in [0.3, 0.4) is 0 Å². The van der Waals surface area contributed by atoms with Crippen LogP contribution in [0.2, 0.25) is 0 Å². The normalized spacial score (nSPS) is 16.4. The minimum absolute atomic E-state index is 0.0337. The maximum Gasteiger partial charge on any atom is 0.317 e. The van der Waals surface area contributed by atoms with Gasteiger partial charge in [0.15, 0.2) is 0 Å². The number of aromatic nitrogens is 5. The molecule has 2 fully saturated rings. The number of anilines is 4. The molecule has 0 bridgehead atoms. The molecule has 0 atom stereocenters. The summed E-state index contributed by atoms with van der Waals surface area (Å²) in [4.78, 5) is 30.7. The summed E-state index contributed by atoms with van der Waals surface area (Å²) in [7, 11) is 1.63. The molecule has 2 aliphatic heterocycles. The van der Waals surface area contributed by atoms with Gasteiger partial charge < -0.3 is 30.5 Å². The van der Waals surface area contributed by atoms with Gasteiger partial charge in [0.2, 0.25) is 5.95 Å². The first-order valence-electron chi connectivity index (χ1n) is 13.5. The zero-order valence-corrected chi connectivity index (χ0v) is 22.5. The maximum atomic E-state index is 12.4. The second-order valence-corrected chi connectivity index (χ2v) is 10.2. The summed E-state index contributed by atoms with van der Waals surface area (Å²) in [5, 5.41) is 15.4. The van der Waals surface area contributed by atoms with E-state index in [1.54, 1.807) is 7.11 Å². The number of ether oxygens (including phenoxy) is 1. The molecule has 3 aromatic heterocycles. The van der Waals surface area contributed by atoms with Gasteiger partial charge in [0, 0.05) is 75.6 Å². The Morgan fingerprint density at radius 3 is 2.55 bits per heavy atom. The highest BCUT2D eigenvalue weighted by Crippen LogP contribution is 2.26. The second-order valence-electron chi connectivity index (χ2n) is 10.2. The summed E-state index contributed by atoms with van der Waals surface area (Å²) in [6, 6.07) is 4.40. The Hall–Kier alpha value is -3.67. The van der Waals surface area contributed by atoms with Crippen molar-refractivity contribution in [1.82, 2.24) is 34.9 Å². The van der Waals surface area contributed by atoms with Crippen molar-refractivity contribution in [3.63, 3.8) is 0 Å². The van der Waals surface area contributed by atoms with Gasteiger partial charge in [-0.3, -0.25) is 4.68 Å². The summed E-state index contributed by atoms with van der Waals surface area (Å²) in [6.45, 7) is 8.56. The van der Waals surface area contributed by atoms with E-state index < -0.39 is 0 Å². The SMILES string of the molecule is COCCNC(=O)N1CCC(Nc2cc(Nc3cc4c(cn3)cnn4C(C)C)nc(N3CCCC3)n2)CC1. The Morgan fingerprint density at radius 1 is 1.05 bits per heavy atom. The summed E-state index contributed by atoms with van der Waals surface area (Å²) in [5.74, 6) is 2.91. The molecule has 3 aromatic rings. The fraction of sp³-hybridized carbons (Fsp3) is 0.577. The van der Waals surface area contributed by atoms with Crippen LogP contribution in [-0.4, -0.2) is 88.1 Å². The first kappa shape index (κ1) is 26.0. The number of nitrogens with one attached hydrogen (secondary N) is 3. The minimum atomic E-state index is -0.0337. The van der Waals surface area contributed by atoms with Gasteiger partial charge >= 0.3 is 6.03 Å². The molecule has 3 N–H and O–H groups in total. The largest absolute Gasteiger partial charge is 0.383 e. The Bertz CT molecular complexity index is 1230. The lowest BCUT2D eigenvalue weighted by atomic mass is 10.1. The van der Waals surface area contributed by atoms with Gasteiger partial charge in [-0.2, -0.15) is 15.1 Å². The van der Waals surface area contributed by atoms with Crippen molar-refractivity contribution in [3.05, 3.63) is 24.5 Å². The molecule has 38 heavy (non-hydrogen) atoms. The third-order valence-corrected chi connectivity index (χ3v) is 7.05. The number of hydrogen-bond acceptors (Lipinski definition) is 9. The Labute approximate surface area is 223 Å². The second kappa shape index (κ2) is 11.8. The van der Waals surface area contributed by atoms with Crippen LogP contribution in [-0.2, 0) is 4.74 Å². The van der Waals surface area contributed by atoms with E-state index in [1.807, 2.05) is 34.1 Å². The van der Waals surface area contributed by atoms with E-state index in [0.717, 1.165) is 61.4 Å². The van der Waals surface area contributed by atoms with Gasteiger partial charge in [-0.15, -0.1) is 0 Å². The molecule has 2 aliphatic rings. The standard InChI is InChI=1S/C26H38N10O2/c1-18(2)36-21-14-22(28-16-19(21)17-29-36)31-24-15-23(32-25(33-24)34-9-4-5-10-34)30-20-6-11-35(12-7-20)26(37)27-8-13-38-3/h14-18,20H,4-13H2,1-3H3,(H,27,37)(H2,28,30,31,32,33). The average Bonchev–Trinajstić information content (AvgIpc) is 3.60. The highest BCUT2D eigenvalue weighted by molar-refractivity contribution is 5.81.